The predicted octanol–water partition coefficient (Wildman–Crippen LogP) is 18.6. The van der Waals surface area contributed by atoms with E-state index in [0.717, 1.165) is 57.4 Å². The van der Waals surface area contributed by atoms with E-state index in [1.165, 1.54) is 55.6 Å². The van der Waals surface area contributed by atoms with Gasteiger partial charge in [0.15, 0.2) is 0 Å². The van der Waals surface area contributed by atoms with Crippen LogP contribution in [0.1, 0.15) is 49.4 Å². The van der Waals surface area contributed by atoms with Crippen LogP contribution in [0, 0.1) is 6.92 Å². The highest BCUT2D eigenvalue weighted by Crippen LogP contribution is 2.55. The van der Waals surface area contributed by atoms with Gasteiger partial charge in [0.1, 0.15) is 5.75 Å². The topological polar surface area (TPSA) is 15.7 Å². The highest BCUT2D eigenvalue weighted by molar-refractivity contribution is 5.85. The number of aryl methyl sites for hydroxylation is 1. The molecule has 3 heteroatoms. The number of hydrogen-bond acceptors (Lipinski definition) is 3. The van der Waals surface area contributed by atoms with E-state index in [9.17, 15) is 0 Å². The molecule has 0 saturated carbocycles. The van der Waals surface area contributed by atoms with Gasteiger partial charge in [-0.3, -0.25) is 0 Å². The van der Waals surface area contributed by atoms with Crippen molar-refractivity contribution in [1.82, 2.24) is 0 Å². The molecule has 0 saturated heterocycles. The molecular formula is C68H58N2O. The molecule has 71 heavy (non-hydrogen) atoms. The first-order chi connectivity index (χ1) is 34.7. The van der Waals surface area contributed by atoms with Crippen molar-refractivity contribution in [2.24, 2.45) is 0 Å². The number of methoxy groups -OCH3 is 1. The van der Waals surface area contributed by atoms with Crippen molar-refractivity contribution < 1.29 is 4.74 Å². The summed E-state index contributed by atoms with van der Waals surface area (Å²) in [5.41, 5.74) is 20.9. The van der Waals surface area contributed by atoms with Crippen LogP contribution in [-0.4, -0.2) is 7.11 Å². The van der Waals surface area contributed by atoms with Gasteiger partial charge >= 0.3 is 0 Å². The first-order valence-electron chi connectivity index (χ1n) is 24.7. The van der Waals surface area contributed by atoms with Crippen molar-refractivity contribution in [3.63, 3.8) is 0 Å². The summed E-state index contributed by atoms with van der Waals surface area (Å²) in [7, 11) is 1.75. The maximum Gasteiger partial charge on any atom is 0.126 e. The zero-order valence-corrected chi connectivity index (χ0v) is 41.2. The van der Waals surface area contributed by atoms with Crippen molar-refractivity contribution in [3.05, 3.63) is 271 Å². The summed E-state index contributed by atoms with van der Waals surface area (Å²) < 4.78 is 5.96. The molecule has 1 atom stereocenters. The third-order valence-corrected chi connectivity index (χ3v) is 14.7. The van der Waals surface area contributed by atoms with E-state index in [4.69, 9.17) is 4.74 Å². The van der Waals surface area contributed by atoms with Gasteiger partial charge in [0.25, 0.3) is 0 Å². The number of ether oxygens (including phenoxy) is 1. The average Bonchev–Trinajstić information content (AvgIpc) is 3.64. The molecule has 11 rings (SSSR count). The van der Waals surface area contributed by atoms with E-state index >= 15 is 0 Å². The Bertz CT molecular complexity index is 3460. The number of hydrogen-bond donors (Lipinski definition) is 0. The van der Waals surface area contributed by atoms with E-state index in [1.54, 1.807) is 7.11 Å². The average molecular weight is 919 g/mol. The summed E-state index contributed by atoms with van der Waals surface area (Å²) in [5.74, 6) is 0.839. The smallest absolute Gasteiger partial charge is 0.126 e. The monoisotopic (exact) mass is 918 g/mol. The fourth-order valence-corrected chi connectivity index (χ4v) is 11.2. The van der Waals surface area contributed by atoms with Crippen LogP contribution in [-0.2, 0) is 10.8 Å². The Kier molecular flexibility index (Phi) is 12.0. The number of anilines is 6. The normalized spacial score (nSPS) is 14.7. The molecule has 0 aliphatic heterocycles. The highest BCUT2D eigenvalue weighted by Gasteiger charge is 2.46. The Morgan fingerprint density at radius 1 is 0.352 bits per heavy atom. The molecule has 0 radical (unpaired) electrons. The maximum atomic E-state index is 5.96. The minimum Gasteiger partial charge on any atom is -0.496 e. The summed E-state index contributed by atoms with van der Waals surface area (Å²) >= 11 is 0. The molecule has 1 unspecified atom stereocenters. The molecule has 346 valence electrons. The van der Waals surface area contributed by atoms with Crippen LogP contribution >= 0.6 is 0 Å². The fourth-order valence-electron chi connectivity index (χ4n) is 11.2. The van der Waals surface area contributed by atoms with Crippen molar-refractivity contribution in [2.75, 3.05) is 16.9 Å². The molecule has 1 aliphatic carbocycles. The number of benzene rings is 10. The lowest BCUT2D eigenvalue weighted by molar-refractivity contribution is 0.416. The van der Waals surface area contributed by atoms with Crippen LogP contribution in [0.3, 0.4) is 0 Å². The lowest BCUT2D eigenvalue weighted by Gasteiger charge is -2.31. The van der Waals surface area contributed by atoms with Gasteiger partial charge in [-0.2, -0.15) is 0 Å². The van der Waals surface area contributed by atoms with Gasteiger partial charge in [0.2, 0.25) is 0 Å². The lowest BCUT2D eigenvalue weighted by atomic mass is 9.75. The van der Waals surface area contributed by atoms with Crippen molar-refractivity contribution >= 4 is 34.1 Å². The first-order valence-corrected chi connectivity index (χ1v) is 24.7. The Labute approximate surface area is 419 Å². The SMILES string of the molecule is COc1ccc(N(c2ccc(-c3ccccc3)cc2)c2cccc(C3(C)CC(C)(C)c4cc(N(c5ccc(-c6ccccc6)cc5)c5ccc(C)c(-c6ccccc6)c5)ccc43)c2)cc1-c1ccccc1. The molecule has 3 nitrogen and oxygen atoms in total. The van der Waals surface area contributed by atoms with E-state index < -0.39 is 0 Å². The molecule has 0 fully saturated rings. The molecule has 0 N–H and O–H groups in total. The van der Waals surface area contributed by atoms with Crippen LogP contribution in [0.15, 0.2) is 249 Å². The van der Waals surface area contributed by atoms with Crippen LogP contribution in [0.5, 0.6) is 5.75 Å². The first kappa shape index (κ1) is 45.1. The van der Waals surface area contributed by atoms with Crippen molar-refractivity contribution in [2.45, 2.75) is 44.9 Å². The third kappa shape index (κ3) is 8.70. The van der Waals surface area contributed by atoms with Gasteiger partial charge in [0, 0.05) is 45.1 Å². The second-order valence-corrected chi connectivity index (χ2v) is 19.8. The summed E-state index contributed by atoms with van der Waals surface area (Å²) in [6.45, 7) is 9.50. The minimum atomic E-state index is -0.266. The van der Waals surface area contributed by atoms with E-state index in [2.05, 4.69) is 286 Å². The number of rotatable bonds is 12. The lowest BCUT2D eigenvalue weighted by Crippen LogP contribution is -2.24. The second kappa shape index (κ2) is 18.8. The van der Waals surface area contributed by atoms with Gasteiger partial charge in [-0.15, -0.1) is 0 Å². The van der Waals surface area contributed by atoms with Gasteiger partial charge < -0.3 is 14.5 Å². The largest absolute Gasteiger partial charge is 0.496 e. The van der Waals surface area contributed by atoms with Crippen LogP contribution in [0.25, 0.3) is 44.5 Å². The van der Waals surface area contributed by atoms with Crippen LogP contribution in [0.2, 0.25) is 0 Å². The standard InChI is InChI=1S/C68H58N2O/c1-48-29-34-59(44-62(48)53-23-14-8-15-24-53)70(57-37-32-52(33-38-57)50-21-12-7-13-22-50)61-39-41-64-65(46-61)67(2,3)47-68(64,4)55-27-18-28-58(43-55)69(56-35-30-51(31-36-56)49-19-10-6-11-20-49)60-40-42-66(71-5)63(45-60)54-25-16-9-17-26-54/h6-46H,47H2,1-5H3. The molecule has 0 bridgehead atoms. The Hall–Kier alpha value is -8.40. The molecule has 0 amide bonds. The number of nitrogens with zero attached hydrogens (tertiary/aromatic N) is 2. The third-order valence-electron chi connectivity index (χ3n) is 14.7. The zero-order chi connectivity index (χ0) is 48.5. The van der Waals surface area contributed by atoms with E-state index in [-0.39, 0.29) is 10.8 Å². The molecular weight excluding hydrogens is 861 g/mol. The fraction of sp³-hybridized carbons (Fsp3) is 0.118. The molecule has 0 aromatic heterocycles. The maximum absolute atomic E-state index is 5.96. The van der Waals surface area contributed by atoms with Crippen molar-refractivity contribution in [3.8, 4) is 50.3 Å². The van der Waals surface area contributed by atoms with Crippen LogP contribution in [0.4, 0.5) is 34.1 Å². The van der Waals surface area contributed by atoms with E-state index in [1.807, 2.05) is 0 Å². The van der Waals surface area contributed by atoms with Gasteiger partial charge in [-0.05, 0) is 159 Å². The summed E-state index contributed by atoms with van der Waals surface area (Å²) in [6.07, 6.45) is 0.961. The summed E-state index contributed by atoms with van der Waals surface area (Å²) in [6, 6.07) is 90.4. The van der Waals surface area contributed by atoms with E-state index in [0.29, 0.717) is 0 Å². The molecule has 0 heterocycles. The predicted molar refractivity (Wildman–Crippen MR) is 299 cm³/mol. The molecule has 0 spiro atoms. The van der Waals surface area contributed by atoms with Crippen molar-refractivity contribution in [1.29, 1.82) is 0 Å². The second-order valence-electron chi connectivity index (χ2n) is 19.8. The van der Waals surface area contributed by atoms with Gasteiger partial charge in [-0.25, -0.2) is 0 Å². The summed E-state index contributed by atoms with van der Waals surface area (Å²) in [4.78, 5) is 4.83. The highest BCUT2D eigenvalue weighted by atomic mass is 16.5. The summed E-state index contributed by atoms with van der Waals surface area (Å²) in [5, 5.41) is 0. The zero-order valence-electron chi connectivity index (χ0n) is 41.2. The van der Waals surface area contributed by atoms with Gasteiger partial charge in [-0.1, -0.05) is 191 Å². The molecule has 1 aliphatic rings. The minimum absolute atomic E-state index is 0.116. The van der Waals surface area contributed by atoms with Crippen LogP contribution < -0.4 is 14.5 Å². The molecule has 10 aromatic carbocycles. The number of fused-ring (bicyclic) bond motifs is 1. The molecule has 10 aromatic rings. The van der Waals surface area contributed by atoms with Gasteiger partial charge in [0.05, 0.1) is 7.11 Å². The Morgan fingerprint density at radius 3 is 1.31 bits per heavy atom. The Balaban J connectivity index is 1.02. The Morgan fingerprint density at radius 2 is 0.775 bits per heavy atom. The quantitative estimate of drug-likeness (QED) is 0.121.